The number of phosphoric acid groups is 1. The van der Waals surface area contributed by atoms with Gasteiger partial charge in [-0.15, -0.1) is 0 Å². The summed E-state index contributed by atoms with van der Waals surface area (Å²) in [6.45, 7) is 6.74. The van der Waals surface area contributed by atoms with Gasteiger partial charge in [0.25, 0.3) is 0 Å². The molecule has 0 aliphatic rings. The van der Waals surface area contributed by atoms with Crippen LogP contribution in [0.3, 0.4) is 0 Å². The van der Waals surface area contributed by atoms with E-state index < -0.39 is 20.0 Å². The van der Waals surface area contributed by atoms with Crippen molar-refractivity contribution in [1.29, 1.82) is 0 Å². The van der Waals surface area contributed by atoms with Crippen LogP contribution in [0.15, 0.2) is 109 Å². The molecule has 0 bridgehead atoms. The number of nitrogens with one attached hydrogen (secondary N) is 1. The molecule has 0 saturated carbocycles. The zero-order chi connectivity index (χ0) is 56.4. The summed E-state index contributed by atoms with van der Waals surface area (Å²) in [6.07, 6.45) is 76.6. The van der Waals surface area contributed by atoms with Crippen LogP contribution in [0, 0.1) is 0 Å². The van der Waals surface area contributed by atoms with E-state index in [1.54, 1.807) is 0 Å². The quantitative estimate of drug-likeness (QED) is 0.0156. The van der Waals surface area contributed by atoms with Crippen LogP contribution in [0.25, 0.3) is 0 Å². The molecule has 0 saturated heterocycles. The number of esters is 1. The number of hydrogen-bond donors (Lipinski definition) is 2. The summed E-state index contributed by atoms with van der Waals surface area (Å²) in [6, 6.07) is -0.863. The van der Waals surface area contributed by atoms with Crippen LogP contribution in [0.4, 0.5) is 0 Å². The lowest BCUT2D eigenvalue weighted by Crippen LogP contribution is -2.47. The van der Waals surface area contributed by atoms with Crippen LogP contribution in [0.5, 0.6) is 0 Å². The molecule has 0 aromatic rings. The van der Waals surface area contributed by atoms with Crippen LogP contribution in [-0.4, -0.2) is 74.3 Å². The van der Waals surface area contributed by atoms with Crippen molar-refractivity contribution in [2.75, 3.05) is 40.9 Å². The van der Waals surface area contributed by atoms with E-state index in [0.29, 0.717) is 17.4 Å². The van der Waals surface area contributed by atoms with Gasteiger partial charge in [-0.05, 0) is 96.0 Å². The van der Waals surface area contributed by atoms with Gasteiger partial charge in [0.15, 0.2) is 0 Å². The first-order valence-electron chi connectivity index (χ1n) is 31.2. The smallest absolute Gasteiger partial charge is 0.456 e. The third-order valence-corrected chi connectivity index (χ3v) is 14.3. The van der Waals surface area contributed by atoms with E-state index in [1.165, 1.54) is 96.3 Å². The average Bonchev–Trinajstić information content (AvgIpc) is 3.39. The number of hydrogen-bond acceptors (Lipinski definition) is 6. The van der Waals surface area contributed by atoms with Crippen molar-refractivity contribution in [1.82, 2.24) is 5.32 Å². The number of carbonyl (C=O) groups excluding carboxylic acids is 2. The Balaban J connectivity index is 5.16. The van der Waals surface area contributed by atoms with Crippen molar-refractivity contribution in [3.8, 4) is 0 Å². The van der Waals surface area contributed by atoms with E-state index in [1.807, 2.05) is 33.3 Å². The number of unbranched alkanes of at least 4 members (excludes halogenated alkanes) is 25. The van der Waals surface area contributed by atoms with Gasteiger partial charge in [-0.3, -0.25) is 18.6 Å². The summed E-state index contributed by atoms with van der Waals surface area (Å²) < 4.78 is 30.7. The lowest BCUT2D eigenvalue weighted by atomic mass is 10.0. The van der Waals surface area contributed by atoms with Crippen molar-refractivity contribution in [2.24, 2.45) is 0 Å². The van der Waals surface area contributed by atoms with Gasteiger partial charge in [-0.2, -0.15) is 0 Å². The van der Waals surface area contributed by atoms with Crippen molar-refractivity contribution in [3.05, 3.63) is 109 Å². The minimum Gasteiger partial charge on any atom is -0.456 e. The van der Waals surface area contributed by atoms with Crippen molar-refractivity contribution in [2.45, 2.75) is 264 Å². The summed E-state index contributed by atoms with van der Waals surface area (Å²) in [5.74, 6) is -0.532. The van der Waals surface area contributed by atoms with Crippen LogP contribution in [0.1, 0.15) is 252 Å². The maximum Gasteiger partial charge on any atom is 0.472 e. The number of rotatable bonds is 55. The monoisotopic (exact) mass is 1090 g/mol. The zero-order valence-electron chi connectivity index (χ0n) is 50.4. The highest BCUT2D eigenvalue weighted by molar-refractivity contribution is 7.47. The Morgan fingerprint density at radius 3 is 1.39 bits per heavy atom. The fraction of sp³-hybridized carbons (Fsp3) is 0.701. The molecule has 0 spiro atoms. The molecule has 442 valence electrons. The molecule has 0 aromatic heterocycles. The number of likely N-dealkylation sites (N-methyl/N-ethyl adjacent to an activating group) is 1. The lowest BCUT2D eigenvalue weighted by Gasteiger charge is -2.27. The minimum atomic E-state index is -4.46. The summed E-state index contributed by atoms with van der Waals surface area (Å²) in [4.78, 5) is 37.7. The number of ether oxygens (including phenoxy) is 1. The highest BCUT2D eigenvalue weighted by atomic mass is 31.2. The van der Waals surface area contributed by atoms with E-state index in [-0.39, 0.29) is 31.5 Å². The molecule has 0 radical (unpaired) electrons. The number of phosphoric ester groups is 1. The average molecular weight is 1090 g/mol. The summed E-state index contributed by atoms with van der Waals surface area (Å²) in [5, 5.41) is 3.04. The van der Waals surface area contributed by atoms with Gasteiger partial charge in [0.05, 0.1) is 33.8 Å². The summed E-state index contributed by atoms with van der Waals surface area (Å²) in [5.41, 5.74) is 0. The SMILES string of the molecule is CC/C=C\C/C=C\C/C=C\C/C=C\C/C=C\CCCCCCCCCCCC(=O)OC(/C=C\CCCCCCCCCCC)C(COP(=O)(O)OCC[N+](C)(C)C)NC(=O)CCCCCCCCC/C=C/C=C/C=C/CC. The first-order valence-corrected chi connectivity index (χ1v) is 32.7. The molecule has 2 N–H and O–H groups in total. The van der Waals surface area contributed by atoms with Crippen LogP contribution < -0.4 is 5.32 Å². The molecule has 10 heteroatoms. The normalized spacial score (nSPS) is 14.4. The Hall–Kier alpha value is -3.33. The molecular formula is C67H118N2O7P+. The summed E-state index contributed by atoms with van der Waals surface area (Å²) in [7, 11) is 1.47. The van der Waals surface area contributed by atoms with Crippen molar-refractivity contribution < 1.29 is 37.3 Å². The third kappa shape index (κ3) is 57.2. The largest absolute Gasteiger partial charge is 0.472 e. The fourth-order valence-corrected chi connectivity index (χ4v) is 9.23. The van der Waals surface area contributed by atoms with Gasteiger partial charge in [-0.25, -0.2) is 4.57 Å². The van der Waals surface area contributed by atoms with Gasteiger partial charge in [0, 0.05) is 12.8 Å². The molecule has 0 aliphatic carbocycles. The number of amides is 1. The van der Waals surface area contributed by atoms with Crippen molar-refractivity contribution >= 4 is 19.7 Å². The van der Waals surface area contributed by atoms with E-state index >= 15 is 0 Å². The first-order chi connectivity index (χ1) is 37.4. The predicted molar refractivity (Wildman–Crippen MR) is 332 cm³/mol. The van der Waals surface area contributed by atoms with E-state index in [2.05, 4.69) is 123 Å². The van der Waals surface area contributed by atoms with E-state index in [4.69, 9.17) is 13.8 Å². The Bertz CT molecular complexity index is 1690. The van der Waals surface area contributed by atoms with Gasteiger partial charge in [-0.1, -0.05) is 252 Å². The highest BCUT2D eigenvalue weighted by Gasteiger charge is 2.30. The number of carbonyl (C=O) groups is 2. The number of nitrogens with zero attached hydrogens (tertiary/aromatic N) is 1. The standard InChI is InChI=1S/C67H117N2O7P/c1-7-10-13-16-19-22-25-27-29-30-31-32-33-34-35-36-37-38-40-42-45-48-51-54-57-60-67(71)76-65(58-55-52-49-46-43-24-21-18-15-12-9-3)64(63-75-77(72,73)74-62-61-69(4,5)6)68-66(70)59-56-53-50-47-44-41-39-28-26-23-20-17-14-11-8-2/h10-11,13-14,17,19-20,22-23,26-27,29,31-32,34-35,55,58,64-65H,7-9,12,15-16,18,21,24-25,28,30,33,36-54,56-57,59-63H2,1-6H3,(H-,68,70,72,73)/p+1/b13-10-,14-11+,20-17+,22-19-,26-23+,29-27-,32-31-,35-34-,58-55-. The summed E-state index contributed by atoms with van der Waals surface area (Å²) >= 11 is 0. The Labute approximate surface area is 474 Å². The minimum absolute atomic E-state index is 0.0314. The second-order valence-electron chi connectivity index (χ2n) is 21.9. The van der Waals surface area contributed by atoms with E-state index in [0.717, 1.165) is 122 Å². The van der Waals surface area contributed by atoms with Crippen LogP contribution in [0.2, 0.25) is 0 Å². The van der Waals surface area contributed by atoms with Gasteiger partial charge < -0.3 is 19.4 Å². The third-order valence-electron chi connectivity index (χ3n) is 13.3. The van der Waals surface area contributed by atoms with Gasteiger partial charge >= 0.3 is 13.8 Å². The second kappa shape index (κ2) is 56.0. The highest BCUT2D eigenvalue weighted by Crippen LogP contribution is 2.43. The molecule has 0 heterocycles. The molecule has 1 amide bonds. The molecule has 0 aliphatic heterocycles. The maximum atomic E-state index is 13.5. The Morgan fingerprint density at radius 2 is 0.896 bits per heavy atom. The molecule has 3 atom stereocenters. The first kappa shape index (κ1) is 73.7. The maximum absolute atomic E-state index is 13.5. The molecule has 77 heavy (non-hydrogen) atoms. The second-order valence-corrected chi connectivity index (χ2v) is 23.3. The van der Waals surface area contributed by atoms with Crippen LogP contribution in [-0.2, 0) is 27.9 Å². The van der Waals surface area contributed by atoms with Gasteiger partial charge in [0.2, 0.25) is 5.91 Å². The Kier molecular flexibility index (Phi) is 53.5. The van der Waals surface area contributed by atoms with Gasteiger partial charge in [0.1, 0.15) is 19.3 Å². The zero-order valence-corrected chi connectivity index (χ0v) is 51.3. The molecule has 0 rings (SSSR count). The fourth-order valence-electron chi connectivity index (χ4n) is 8.50. The van der Waals surface area contributed by atoms with Crippen LogP contribution >= 0.6 is 7.82 Å². The number of quaternary nitrogens is 1. The molecular weight excluding hydrogens is 976 g/mol. The molecule has 0 fully saturated rings. The Morgan fingerprint density at radius 1 is 0.481 bits per heavy atom. The van der Waals surface area contributed by atoms with Crippen molar-refractivity contribution in [3.63, 3.8) is 0 Å². The molecule has 3 unspecified atom stereocenters. The van der Waals surface area contributed by atoms with E-state index in [9.17, 15) is 19.0 Å². The lowest BCUT2D eigenvalue weighted by molar-refractivity contribution is -0.870. The molecule has 0 aromatic carbocycles. The number of allylic oxidation sites excluding steroid dienone is 17. The molecule has 9 nitrogen and oxygen atoms in total. The topological polar surface area (TPSA) is 111 Å². The predicted octanol–water partition coefficient (Wildman–Crippen LogP) is 19.3.